The van der Waals surface area contributed by atoms with Gasteiger partial charge in [0.25, 0.3) is 11.8 Å². The van der Waals surface area contributed by atoms with Crippen molar-refractivity contribution in [2.24, 2.45) is 0 Å². The molecule has 34 heavy (non-hydrogen) atoms. The van der Waals surface area contributed by atoms with Crippen molar-refractivity contribution in [3.8, 4) is 0 Å². The predicted molar refractivity (Wildman–Crippen MR) is 131 cm³/mol. The van der Waals surface area contributed by atoms with E-state index >= 15 is 0 Å². The number of nitrogens with zero attached hydrogens (tertiary/aromatic N) is 2. The summed E-state index contributed by atoms with van der Waals surface area (Å²) in [4.78, 5) is 41.8. The van der Waals surface area contributed by atoms with E-state index in [0.29, 0.717) is 26.3 Å². The maximum Gasteiger partial charge on any atom is 0.259 e. The molecule has 1 aliphatic heterocycles. The lowest BCUT2D eigenvalue weighted by atomic mass is 9.96. The number of methoxy groups -OCH3 is 1. The van der Waals surface area contributed by atoms with Crippen LogP contribution in [0.1, 0.15) is 92.4 Å². The highest BCUT2D eigenvalue weighted by Crippen LogP contribution is 2.18. The molecule has 2 heterocycles. The second kappa shape index (κ2) is 13.0. The molecular weight excluding hydrogens is 434 g/mol. The van der Waals surface area contributed by atoms with Gasteiger partial charge < -0.3 is 24.3 Å². The third kappa shape index (κ3) is 7.15. The lowest BCUT2D eigenvalue weighted by molar-refractivity contribution is 0.0631. The molecule has 3 rings (SSSR count). The summed E-state index contributed by atoms with van der Waals surface area (Å²) in [6.45, 7) is 5.77. The molecule has 0 bridgehead atoms. The normalized spacial score (nSPS) is 19.6. The van der Waals surface area contributed by atoms with Crippen LogP contribution in [-0.2, 0) is 16.0 Å². The lowest BCUT2D eigenvalue weighted by Gasteiger charge is -2.27. The molecule has 8 heteroatoms. The number of aromatic nitrogens is 1. The first kappa shape index (κ1) is 26.4. The van der Waals surface area contributed by atoms with Crippen LogP contribution in [0.4, 0.5) is 0 Å². The van der Waals surface area contributed by atoms with Crippen molar-refractivity contribution in [3.63, 3.8) is 0 Å². The number of carbonyl (C=O) groups is 2. The zero-order valence-electron chi connectivity index (χ0n) is 21.0. The van der Waals surface area contributed by atoms with Crippen LogP contribution in [0.25, 0.3) is 0 Å². The number of hydrogen-bond acceptors (Lipinski definition) is 5. The van der Waals surface area contributed by atoms with E-state index in [1.54, 1.807) is 29.0 Å². The first-order valence-corrected chi connectivity index (χ1v) is 12.9. The highest BCUT2D eigenvalue weighted by atomic mass is 16.5. The number of ether oxygens (including phenoxy) is 2. The lowest BCUT2D eigenvalue weighted by Crippen LogP contribution is -2.43. The van der Waals surface area contributed by atoms with Gasteiger partial charge in [-0.3, -0.25) is 14.4 Å². The van der Waals surface area contributed by atoms with Crippen LogP contribution in [-0.4, -0.2) is 66.3 Å². The molecule has 1 atom stereocenters. The Morgan fingerprint density at radius 1 is 1.09 bits per heavy atom. The summed E-state index contributed by atoms with van der Waals surface area (Å²) in [5.74, 6) is -0.766. The van der Waals surface area contributed by atoms with Crippen LogP contribution in [0.15, 0.2) is 17.2 Å². The van der Waals surface area contributed by atoms with Crippen molar-refractivity contribution in [1.82, 2.24) is 14.8 Å². The number of amides is 2. The molecule has 1 aliphatic carbocycles. The molecule has 1 unspecified atom stereocenters. The zero-order valence-corrected chi connectivity index (χ0v) is 21.0. The minimum absolute atomic E-state index is 0.0154. The predicted octanol–water partition coefficient (Wildman–Crippen LogP) is 3.37. The smallest absolute Gasteiger partial charge is 0.259 e. The highest BCUT2D eigenvalue weighted by molar-refractivity contribution is 5.99. The van der Waals surface area contributed by atoms with Gasteiger partial charge in [0, 0.05) is 51.3 Å². The van der Waals surface area contributed by atoms with Crippen molar-refractivity contribution in [2.45, 2.75) is 96.4 Å². The summed E-state index contributed by atoms with van der Waals surface area (Å²) in [5.41, 5.74) is -0.463. The van der Waals surface area contributed by atoms with Crippen molar-refractivity contribution >= 4 is 11.8 Å². The molecule has 2 amide bonds. The second-order valence-corrected chi connectivity index (χ2v) is 9.85. The van der Waals surface area contributed by atoms with Gasteiger partial charge in [-0.15, -0.1) is 0 Å². The highest BCUT2D eigenvalue weighted by Gasteiger charge is 2.27. The Balaban J connectivity index is 1.91. The average Bonchev–Trinajstić information content (AvgIpc) is 3.29. The van der Waals surface area contributed by atoms with Crippen LogP contribution in [0, 0.1) is 0 Å². The third-order valence-corrected chi connectivity index (χ3v) is 6.85. The van der Waals surface area contributed by atoms with E-state index in [-0.39, 0.29) is 41.1 Å². The minimum atomic E-state index is -0.514. The topological polar surface area (TPSA) is 89.9 Å². The molecule has 2 fully saturated rings. The summed E-state index contributed by atoms with van der Waals surface area (Å²) in [6, 6.07) is -0.0480. The van der Waals surface area contributed by atoms with E-state index in [1.165, 1.54) is 19.3 Å². The first-order chi connectivity index (χ1) is 16.4. The molecule has 0 aromatic carbocycles. The molecule has 1 aromatic rings. The van der Waals surface area contributed by atoms with Gasteiger partial charge in [0.15, 0.2) is 0 Å². The van der Waals surface area contributed by atoms with E-state index in [1.807, 2.05) is 13.8 Å². The third-order valence-electron chi connectivity index (χ3n) is 6.85. The van der Waals surface area contributed by atoms with E-state index in [9.17, 15) is 14.4 Å². The largest absolute Gasteiger partial charge is 0.383 e. The number of pyridine rings is 1. The molecule has 1 N–H and O–H groups in total. The fraction of sp³-hybridized carbons (Fsp3) is 0.731. The Labute approximate surface area is 203 Å². The van der Waals surface area contributed by atoms with Crippen LogP contribution in [0.2, 0.25) is 0 Å². The van der Waals surface area contributed by atoms with Crippen LogP contribution in [0.5, 0.6) is 0 Å². The molecule has 1 saturated heterocycles. The Hall–Kier alpha value is -2.19. The molecule has 8 nitrogen and oxygen atoms in total. The number of carbonyl (C=O) groups excluding carboxylic acids is 2. The Kier molecular flexibility index (Phi) is 10.1. The van der Waals surface area contributed by atoms with Crippen LogP contribution < -0.4 is 10.7 Å². The second-order valence-electron chi connectivity index (χ2n) is 9.85. The number of rotatable bonds is 9. The molecule has 1 saturated carbocycles. The van der Waals surface area contributed by atoms with Crippen molar-refractivity contribution in [1.29, 1.82) is 0 Å². The standard InChI is InChI=1S/C26H41N3O5/c1-19(2)29(13-15-33-3)26(32)23-18-28(16-21-12-9-14-34-21)17-22(24(23)30)25(31)27-20-10-7-5-4-6-8-11-20/h17-21H,4-16H2,1-3H3,(H,27,31). The fourth-order valence-corrected chi connectivity index (χ4v) is 4.88. The van der Waals surface area contributed by atoms with Gasteiger partial charge >= 0.3 is 0 Å². The molecular formula is C26H41N3O5. The Morgan fingerprint density at radius 3 is 2.38 bits per heavy atom. The molecule has 0 radical (unpaired) electrons. The van der Waals surface area contributed by atoms with E-state index in [4.69, 9.17) is 9.47 Å². The fourth-order valence-electron chi connectivity index (χ4n) is 4.88. The van der Waals surface area contributed by atoms with E-state index < -0.39 is 5.43 Å². The molecule has 190 valence electrons. The first-order valence-electron chi connectivity index (χ1n) is 12.9. The van der Waals surface area contributed by atoms with Gasteiger partial charge in [-0.2, -0.15) is 0 Å². The summed E-state index contributed by atoms with van der Waals surface area (Å²) >= 11 is 0. The summed E-state index contributed by atoms with van der Waals surface area (Å²) in [7, 11) is 1.58. The van der Waals surface area contributed by atoms with Crippen LogP contribution in [0.3, 0.4) is 0 Å². The Bertz CT molecular complexity index is 868. The van der Waals surface area contributed by atoms with Gasteiger partial charge in [0.1, 0.15) is 11.1 Å². The maximum absolute atomic E-state index is 13.4. The summed E-state index contributed by atoms with van der Waals surface area (Å²) < 4.78 is 12.7. The number of hydrogen-bond donors (Lipinski definition) is 1. The number of nitrogens with one attached hydrogen (secondary N) is 1. The van der Waals surface area contributed by atoms with Gasteiger partial charge in [-0.05, 0) is 39.5 Å². The van der Waals surface area contributed by atoms with Crippen molar-refractivity contribution in [2.75, 3.05) is 26.9 Å². The van der Waals surface area contributed by atoms with Gasteiger partial charge in [0.05, 0.1) is 12.7 Å². The average molecular weight is 476 g/mol. The Morgan fingerprint density at radius 2 is 1.76 bits per heavy atom. The molecule has 1 aromatic heterocycles. The van der Waals surface area contributed by atoms with Gasteiger partial charge in [0.2, 0.25) is 5.43 Å². The minimum Gasteiger partial charge on any atom is -0.383 e. The van der Waals surface area contributed by atoms with Gasteiger partial charge in [-0.1, -0.05) is 32.1 Å². The quantitative estimate of drug-likeness (QED) is 0.592. The van der Waals surface area contributed by atoms with Crippen LogP contribution >= 0.6 is 0 Å². The SMILES string of the molecule is COCCN(C(=O)c1cn(CC2CCCO2)cc(C(=O)NC2CCCCCCC2)c1=O)C(C)C. The molecule has 0 spiro atoms. The van der Waals surface area contributed by atoms with E-state index in [2.05, 4.69) is 5.32 Å². The monoisotopic (exact) mass is 475 g/mol. The van der Waals surface area contributed by atoms with Crippen molar-refractivity contribution in [3.05, 3.63) is 33.7 Å². The maximum atomic E-state index is 13.4. The summed E-state index contributed by atoms with van der Waals surface area (Å²) in [6.07, 6.45) is 12.7. The van der Waals surface area contributed by atoms with Gasteiger partial charge in [-0.25, -0.2) is 0 Å². The zero-order chi connectivity index (χ0) is 24.5. The van der Waals surface area contributed by atoms with Crippen molar-refractivity contribution < 1.29 is 19.1 Å². The molecule has 2 aliphatic rings. The van der Waals surface area contributed by atoms with E-state index in [0.717, 1.165) is 38.5 Å². The summed E-state index contributed by atoms with van der Waals surface area (Å²) in [5, 5.41) is 3.09.